The minimum Gasteiger partial charge on any atom is -0.507 e. The van der Waals surface area contributed by atoms with Gasteiger partial charge in [0, 0.05) is 23.6 Å². The van der Waals surface area contributed by atoms with Crippen LogP contribution < -0.4 is 0 Å². The van der Waals surface area contributed by atoms with E-state index < -0.39 is 0 Å². The standard InChI is InChI=1S/C35H54N2O2/c1-32(2,3)17-24-13-26(19-34(7,8)9)30(38)28(15-24)21-36-23-37-22-29-16-25(18-33(4,5)6)14-27(31(29)39)20-35(10,11)12/h13-16,21-22,38-39H,17-20,23H2,1-12H3. The molecule has 2 N–H and O–H groups in total. The van der Waals surface area contributed by atoms with Crippen molar-refractivity contribution in [3.05, 3.63) is 57.6 Å². The van der Waals surface area contributed by atoms with E-state index in [2.05, 4.69) is 105 Å². The lowest BCUT2D eigenvalue weighted by molar-refractivity contribution is 0.391. The Morgan fingerprint density at radius 2 is 0.821 bits per heavy atom. The second-order valence-electron chi connectivity index (χ2n) is 16.1. The Kier molecular flexibility index (Phi) is 10.3. The van der Waals surface area contributed by atoms with Crippen LogP contribution in [0.4, 0.5) is 0 Å². The summed E-state index contributed by atoms with van der Waals surface area (Å²) < 4.78 is 0. The number of phenols is 2. The van der Waals surface area contributed by atoms with Crippen LogP contribution in [0.25, 0.3) is 0 Å². The molecule has 2 aromatic rings. The summed E-state index contributed by atoms with van der Waals surface area (Å²) in [5, 5.41) is 22.1. The van der Waals surface area contributed by atoms with Gasteiger partial charge in [-0.15, -0.1) is 0 Å². The molecular formula is C35H54N2O2. The molecule has 0 radical (unpaired) electrons. The molecule has 0 atom stereocenters. The SMILES string of the molecule is CC(C)(C)Cc1cc(C=NCN=Cc2cc(CC(C)(C)C)cc(CC(C)(C)C)c2O)c(O)c(CC(C)(C)C)c1. The summed E-state index contributed by atoms with van der Waals surface area (Å²) >= 11 is 0. The van der Waals surface area contributed by atoms with E-state index in [4.69, 9.17) is 0 Å². The van der Waals surface area contributed by atoms with Gasteiger partial charge in [0.15, 0.2) is 0 Å². The molecule has 216 valence electrons. The van der Waals surface area contributed by atoms with Gasteiger partial charge in [0.2, 0.25) is 0 Å². The van der Waals surface area contributed by atoms with Crippen molar-refractivity contribution in [2.24, 2.45) is 31.6 Å². The molecule has 0 aliphatic carbocycles. The van der Waals surface area contributed by atoms with Gasteiger partial charge in [-0.25, -0.2) is 0 Å². The number of hydrogen-bond acceptors (Lipinski definition) is 4. The molecule has 0 aliphatic heterocycles. The zero-order valence-corrected chi connectivity index (χ0v) is 26.8. The lowest BCUT2D eigenvalue weighted by atomic mass is 9.83. The Morgan fingerprint density at radius 3 is 1.10 bits per heavy atom. The van der Waals surface area contributed by atoms with Crippen LogP contribution in [-0.4, -0.2) is 29.3 Å². The molecule has 0 amide bonds. The van der Waals surface area contributed by atoms with Crippen molar-refractivity contribution >= 4 is 12.4 Å². The molecule has 0 aliphatic rings. The third kappa shape index (κ3) is 12.0. The predicted molar refractivity (Wildman–Crippen MR) is 169 cm³/mol. The van der Waals surface area contributed by atoms with Gasteiger partial charge in [0.25, 0.3) is 0 Å². The minimum absolute atomic E-state index is 0.0614. The maximum absolute atomic E-state index is 11.0. The lowest BCUT2D eigenvalue weighted by Gasteiger charge is -2.23. The van der Waals surface area contributed by atoms with Crippen molar-refractivity contribution in [1.82, 2.24) is 0 Å². The van der Waals surface area contributed by atoms with E-state index in [-0.39, 0.29) is 28.3 Å². The minimum atomic E-state index is 0.0614. The van der Waals surface area contributed by atoms with Crippen LogP contribution >= 0.6 is 0 Å². The van der Waals surface area contributed by atoms with E-state index in [0.717, 1.165) is 47.9 Å². The second kappa shape index (κ2) is 12.3. The number of rotatable bonds is 8. The highest BCUT2D eigenvalue weighted by Crippen LogP contribution is 2.34. The van der Waals surface area contributed by atoms with Gasteiger partial charge in [0.05, 0.1) is 0 Å². The van der Waals surface area contributed by atoms with E-state index in [1.54, 1.807) is 12.4 Å². The van der Waals surface area contributed by atoms with Crippen molar-refractivity contribution in [3.63, 3.8) is 0 Å². The summed E-state index contributed by atoms with van der Waals surface area (Å²) in [5.74, 6) is 0.601. The van der Waals surface area contributed by atoms with Crippen molar-refractivity contribution in [3.8, 4) is 11.5 Å². The fourth-order valence-electron chi connectivity index (χ4n) is 4.94. The molecule has 0 aromatic heterocycles. The zero-order chi connectivity index (χ0) is 29.8. The van der Waals surface area contributed by atoms with Crippen LogP contribution in [-0.2, 0) is 25.7 Å². The monoisotopic (exact) mass is 534 g/mol. The Bertz CT molecular complexity index is 1080. The number of nitrogens with zero attached hydrogens (tertiary/aromatic N) is 2. The highest BCUT2D eigenvalue weighted by atomic mass is 16.3. The van der Waals surface area contributed by atoms with Crippen LogP contribution in [0.2, 0.25) is 0 Å². The fourth-order valence-corrected chi connectivity index (χ4v) is 4.94. The van der Waals surface area contributed by atoms with Gasteiger partial charge in [0.1, 0.15) is 18.2 Å². The summed E-state index contributed by atoms with van der Waals surface area (Å²) in [6.07, 6.45) is 6.88. The summed E-state index contributed by atoms with van der Waals surface area (Å²) in [7, 11) is 0. The summed E-state index contributed by atoms with van der Waals surface area (Å²) in [5.41, 5.74) is 6.20. The third-order valence-corrected chi connectivity index (χ3v) is 6.09. The Labute approximate surface area is 238 Å². The number of aliphatic imine (C=N–C) groups is 2. The second-order valence-corrected chi connectivity index (χ2v) is 16.1. The topological polar surface area (TPSA) is 65.2 Å². The van der Waals surface area contributed by atoms with Gasteiger partial charge in [-0.2, -0.15) is 0 Å². The third-order valence-electron chi connectivity index (χ3n) is 6.09. The molecule has 0 unspecified atom stereocenters. The average Bonchev–Trinajstić information content (AvgIpc) is 2.69. The van der Waals surface area contributed by atoms with E-state index in [0.29, 0.717) is 11.5 Å². The molecule has 0 bridgehead atoms. The Hall–Kier alpha value is -2.62. The molecule has 2 rings (SSSR count). The molecule has 0 saturated carbocycles. The van der Waals surface area contributed by atoms with Gasteiger partial charge in [-0.3, -0.25) is 9.98 Å². The largest absolute Gasteiger partial charge is 0.507 e. The maximum atomic E-state index is 11.0. The van der Waals surface area contributed by atoms with Gasteiger partial charge >= 0.3 is 0 Å². The summed E-state index contributed by atoms with van der Waals surface area (Å²) in [6, 6.07) is 8.37. The van der Waals surface area contributed by atoms with E-state index in [1.165, 1.54) is 11.1 Å². The van der Waals surface area contributed by atoms with Crippen molar-refractivity contribution in [2.75, 3.05) is 6.67 Å². The fraction of sp³-hybridized carbons (Fsp3) is 0.600. The van der Waals surface area contributed by atoms with Crippen LogP contribution in [0, 0.1) is 21.7 Å². The molecule has 4 nitrogen and oxygen atoms in total. The first-order valence-corrected chi connectivity index (χ1v) is 14.3. The zero-order valence-electron chi connectivity index (χ0n) is 26.8. The predicted octanol–water partition coefficient (Wildman–Crippen LogP) is 8.95. The van der Waals surface area contributed by atoms with Gasteiger partial charge in [-0.1, -0.05) is 95.2 Å². The lowest BCUT2D eigenvalue weighted by Crippen LogP contribution is -2.13. The first kappa shape index (κ1) is 32.6. The molecule has 2 aromatic carbocycles. The van der Waals surface area contributed by atoms with Crippen LogP contribution in [0.15, 0.2) is 34.3 Å². The molecule has 4 heteroatoms. The van der Waals surface area contributed by atoms with E-state index >= 15 is 0 Å². The maximum Gasteiger partial charge on any atom is 0.129 e. The number of hydrogen-bond donors (Lipinski definition) is 2. The molecule has 0 saturated heterocycles. The molecule has 39 heavy (non-hydrogen) atoms. The normalized spacial score (nSPS) is 13.6. The van der Waals surface area contributed by atoms with E-state index in [9.17, 15) is 10.2 Å². The van der Waals surface area contributed by atoms with Crippen molar-refractivity contribution < 1.29 is 10.2 Å². The molecule has 0 spiro atoms. The average molecular weight is 535 g/mol. The highest BCUT2D eigenvalue weighted by molar-refractivity contribution is 5.86. The molecular weight excluding hydrogens is 480 g/mol. The van der Waals surface area contributed by atoms with Gasteiger partial charge < -0.3 is 10.2 Å². The summed E-state index contributed by atoms with van der Waals surface area (Å²) in [4.78, 5) is 9.04. The highest BCUT2D eigenvalue weighted by Gasteiger charge is 2.20. The smallest absolute Gasteiger partial charge is 0.129 e. The van der Waals surface area contributed by atoms with Crippen LogP contribution in [0.1, 0.15) is 116 Å². The first-order valence-electron chi connectivity index (χ1n) is 14.3. The Balaban J connectivity index is 2.34. The molecule has 0 fully saturated rings. The van der Waals surface area contributed by atoms with Crippen molar-refractivity contribution in [2.45, 2.75) is 109 Å². The first-order chi connectivity index (χ1) is 17.6. The van der Waals surface area contributed by atoms with Crippen molar-refractivity contribution in [1.29, 1.82) is 0 Å². The molecule has 0 heterocycles. The van der Waals surface area contributed by atoms with Crippen LogP contribution in [0.3, 0.4) is 0 Å². The Morgan fingerprint density at radius 1 is 0.513 bits per heavy atom. The summed E-state index contributed by atoms with van der Waals surface area (Å²) in [6.45, 7) is 26.7. The van der Waals surface area contributed by atoms with Gasteiger partial charge in [-0.05, 0) is 81.7 Å². The quantitative estimate of drug-likeness (QED) is 0.332. The number of phenolic OH excluding ortho intramolecular Hbond substituents is 2. The van der Waals surface area contributed by atoms with E-state index in [1.807, 2.05) is 12.1 Å². The van der Waals surface area contributed by atoms with Crippen LogP contribution in [0.5, 0.6) is 11.5 Å². The number of aromatic hydroxyl groups is 2. The number of benzene rings is 2.